The summed E-state index contributed by atoms with van der Waals surface area (Å²) in [7, 11) is 0. The minimum atomic E-state index is -2.62. The molecular weight excluding hydrogens is 366 g/mol. The van der Waals surface area contributed by atoms with E-state index in [0.717, 1.165) is 28.6 Å². The van der Waals surface area contributed by atoms with Crippen LogP contribution >= 0.6 is 0 Å². The number of hydrogen-bond donors (Lipinski definition) is 3. The summed E-state index contributed by atoms with van der Waals surface area (Å²) in [4.78, 5) is 45.1. The summed E-state index contributed by atoms with van der Waals surface area (Å²) >= 11 is 0. The zero-order valence-corrected chi connectivity index (χ0v) is 14.9. The van der Waals surface area contributed by atoms with Gasteiger partial charge in [-0.05, 0) is 29.7 Å². The lowest BCUT2D eigenvalue weighted by Gasteiger charge is -2.34. The molecule has 2 aliphatic rings. The number of carbonyl (C=O) groups excluding carboxylic acids is 1. The van der Waals surface area contributed by atoms with Gasteiger partial charge in [0, 0.05) is 37.3 Å². The van der Waals surface area contributed by atoms with Gasteiger partial charge in [0.2, 0.25) is 5.91 Å². The average Bonchev–Trinajstić information content (AvgIpc) is 2.88. The smallest absolute Gasteiger partial charge is 0.336 e. The number of fused-ring (bicyclic) bond motifs is 6. The number of carboxylic acids is 2. The lowest BCUT2D eigenvalue weighted by atomic mass is 9.92. The summed E-state index contributed by atoms with van der Waals surface area (Å²) < 4.78 is 0. The number of aromatic nitrogens is 2. The third-order valence-electron chi connectivity index (χ3n) is 5.64. The second-order valence-corrected chi connectivity index (χ2v) is 7.54. The Bertz CT molecular complexity index is 942. The Kier molecular flexibility index (Phi) is 4.26. The Morgan fingerprint density at radius 1 is 1.00 bits per heavy atom. The predicted octanol–water partition coefficient (Wildman–Crippen LogP) is 0.723. The Morgan fingerprint density at radius 3 is 2.00 bits per heavy atom. The van der Waals surface area contributed by atoms with Crippen LogP contribution in [-0.4, -0.2) is 66.7 Å². The second-order valence-electron chi connectivity index (χ2n) is 7.54. The van der Waals surface area contributed by atoms with E-state index in [1.807, 2.05) is 12.1 Å². The van der Waals surface area contributed by atoms with Gasteiger partial charge in [-0.2, -0.15) is 0 Å². The molecule has 9 heteroatoms. The molecule has 1 fully saturated rings. The first-order valence-corrected chi connectivity index (χ1v) is 8.97. The van der Waals surface area contributed by atoms with Gasteiger partial charge in [0.1, 0.15) is 0 Å². The van der Waals surface area contributed by atoms with Crippen molar-refractivity contribution in [2.24, 2.45) is 0 Å². The van der Waals surface area contributed by atoms with Gasteiger partial charge in [-0.25, -0.2) is 4.79 Å². The molecule has 1 aromatic carbocycles. The van der Waals surface area contributed by atoms with E-state index in [1.165, 1.54) is 4.90 Å². The number of amides is 1. The minimum Gasteiger partial charge on any atom is -0.481 e. The number of hydrogen-bond acceptors (Lipinski definition) is 6. The van der Waals surface area contributed by atoms with Crippen LogP contribution in [0.2, 0.25) is 0 Å². The van der Waals surface area contributed by atoms with Gasteiger partial charge in [-0.3, -0.25) is 19.6 Å². The van der Waals surface area contributed by atoms with Crippen molar-refractivity contribution in [3.8, 4) is 0 Å². The molecule has 2 heterocycles. The van der Waals surface area contributed by atoms with Crippen LogP contribution in [0.3, 0.4) is 0 Å². The molecule has 9 nitrogen and oxygen atoms in total. The molecule has 28 heavy (non-hydrogen) atoms. The quantitative estimate of drug-likeness (QED) is 0.684. The van der Waals surface area contributed by atoms with Crippen LogP contribution in [0.5, 0.6) is 0 Å². The van der Waals surface area contributed by atoms with Gasteiger partial charge in [-0.1, -0.05) is 0 Å². The maximum Gasteiger partial charge on any atom is 0.336 e. The first kappa shape index (κ1) is 18.3. The van der Waals surface area contributed by atoms with E-state index in [0.29, 0.717) is 13.1 Å². The lowest BCUT2D eigenvalue weighted by molar-refractivity contribution is -0.169. The standard InChI is InChI=1S/C19H19N3O6/c23-16(6-19(28,18(26)27)7-17(24)25)22-8-10-3-11(9-22)13-5-15-14(4-12(10)13)20-1-2-21-15/h1-2,4-5,10-11,28H,3,6-9H2,(H,24,25)(H,26,27). The van der Waals surface area contributed by atoms with Crippen LogP contribution < -0.4 is 0 Å². The molecule has 1 aliphatic heterocycles. The molecule has 1 aromatic heterocycles. The number of carboxylic acid groups (broad SMARTS) is 2. The molecule has 0 radical (unpaired) electrons. The first-order valence-electron chi connectivity index (χ1n) is 8.97. The van der Waals surface area contributed by atoms with E-state index in [9.17, 15) is 24.6 Å². The van der Waals surface area contributed by atoms with Crippen LogP contribution in [0.25, 0.3) is 11.0 Å². The normalized spacial score (nSPS) is 22.5. The van der Waals surface area contributed by atoms with E-state index in [2.05, 4.69) is 9.97 Å². The van der Waals surface area contributed by atoms with Crippen molar-refractivity contribution < 1.29 is 29.7 Å². The third kappa shape index (κ3) is 3.07. The van der Waals surface area contributed by atoms with E-state index in [1.54, 1.807) is 12.4 Å². The fourth-order valence-electron chi connectivity index (χ4n) is 4.33. The highest BCUT2D eigenvalue weighted by atomic mass is 16.4. The predicted molar refractivity (Wildman–Crippen MR) is 95.7 cm³/mol. The van der Waals surface area contributed by atoms with E-state index < -0.39 is 36.3 Å². The molecule has 0 saturated carbocycles. The Labute approximate surface area is 159 Å². The highest BCUT2D eigenvalue weighted by Gasteiger charge is 2.45. The molecule has 2 aromatic rings. The van der Waals surface area contributed by atoms with Gasteiger partial charge in [0.05, 0.1) is 23.9 Å². The number of nitrogens with zero attached hydrogens (tertiary/aromatic N) is 3. The summed E-state index contributed by atoms with van der Waals surface area (Å²) in [5.74, 6) is -3.55. The minimum absolute atomic E-state index is 0.0986. The van der Waals surface area contributed by atoms with Crippen molar-refractivity contribution in [1.29, 1.82) is 0 Å². The Hall–Kier alpha value is -3.07. The highest BCUT2D eigenvalue weighted by Crippen LogP contribution is 2.47. The summed E-state index contributed by atoms with van der Waals surface area (Å²) in [5.41, 5.74) is 1.19. The number of aliphatic carboxylic acids is 2. The molecule has 1 aliphatic carbocycles. The fraction of sp³-hybridized carbons (Fsp3) is 0.421. The maximum absolute atomic E-state index is 12.7. The van der Waals surface area contributed by atoms with Crippen LogP contribution in [-0.2, 0) is 14.4 Å². The van der Waals surface area contributed by atoms with Crippen molar-refractivity contribution in [1.82, 2.24) is 14.9 Å². The van der Waals surface area contributed by atoms with Crippen LogP contribution in [0.1, 0.15) is 42.2 Å². The van der Waals surface area contributed by atoms with Crippen molar-refractivity contribution in [2.75, 3.05) is 13.1 Å². The molecule has 3 atom stereocenters. The summed E-state index contributed by atoms with van der Waals surface area (Å²) in [6.07, 6.45) is 2.34. The van der Waals surface area contributed by atoms with E-state index in [4.69, 9.17) is 5.11 Å². The molecule has 4 rings (SSSR count). The molecule has 1 amide bonds. The highest BCUT2D eigenvalue weighted by molar-refractivity contribution is 5.90. The number of likely N-dealkylation sites (tertiary alicyclic amines) is 1. The Morgan fingerprint density at radius 2 is 1.54 bits per heavy atom. The van der Waals surface area contributed by atoms with Crippen molar-refractivity contribution >= 4 is 28.9 Å². The number of carbonyl (C=O) groups is 3. The van der Waals surface area contributed by atoms with Gasteiger partial charge in [0.15, 0.2) is 5.60 Å². The van der Waals surface area contributed by atoms with E-state index in [-0.39, 0.29) is 11.8 Å². The fourth-order valence-corrected chi connectivity index (χ4v) is 4.33. The Balaban J connectivity index is 1.56. The second kappa shape index (κ2) is 6.52. The van der Waals surface area contributed by atoms with Crippen molar-refractivity contribution in [3.63, 3.8) is 0 Å². The monoisotopic (exact) mass is 385 g/mol. The average molecular weight is 385 g/mol. The van der Waals surface area contributed by atoms with Gasteiger partial charge in [0.25, 0.3) is 0 Å². The van der Waals surface area contributed by atoms with Crippen molar-refractivity contribution in [3.05, 3.63) is 35.7 Å². The molecule has 0 spiro atoms. The van der Waals surface area contributed by atoms with Gasteiger partial charge < -0.3 is 20.2 Å². The molecule has 3 unspecified atom stereocenters. The van der Waals surface area contributed by atoms with E-state index >= 15 is 0 Å². The van der Waals surface area contributed by atoms with Gasteiger partial charge >= 0.3 is 11.9 Å². The number of rotatable bonds is 5. The maximum atomic E-state index is 12.7. The number of aliphatic hydroxyl groups is 1. The first-order chi connectivity index (χ1) is 13.3. The summed E-state index contributed by atoms with van der Waals surface area (Å²) in [5, 5.41) is 28.2. The summed E-state index contributed by atoms with van der Waals surface area (Å²) in [6.45, 7) is 0.799. The van der Waals surface area contributed by atoms with Gasteiger partial charge in [-0.15, -0.1) is 0 Å². The van der Waals surface area contributed by atoms with Crippen molar-refractivity contribution in [2.45, 2.75) is 36.7 Å². The lowest BCUT2D eigenvalue weighted by Crippen LogP contribution is -2.48. The topological polar surface area (TPSA) is 141 Å². The summed E-state index contributed by atoms with van der Waals surface area (Å²) in [6, 6.07) is 3.99. The molecular formula is C19H19N3O6. The van der Waals surface area contributed by atoms with Crippen LogP contribution in [0, 0.1) is 0 Å². The van der Waals surface area contributed by atoms with Crippen LogP contribution in [0.15, 0.2) is 24.5 Å². The zero-order chi connectivity index (χ0) is 20.1. The largest absolute Gasteiger partial charge is 0.481 e. The molecule has 146 valence electrons. The SMILES string of the molecule is O=C(O)CC(O)(CC(=O)N1CC2CC(C1)c1cc3nccnc3cc12)C(=O)O. The van der Waals surface area contributed by atoms with Crippen LogP contribution in [0.4, 0.5) is 0 Å². The molecule has 2 bridgehead atoms. The number of benzene rings is 1. The molecule has 1 saturated heterocycles. The molecule has 3 N–H and O–H groups in total. The zero-order valence-electron chi connectivity index (χ0n) is 14.9. The number of piperidine rings is 1. The third-order valence-corrected chi connectivity index (χ3v) is 5.64.